The number of nitrogens with one attached hydrogen (secondary N) is 1. The van der Waals surface area contributed by atoms with Crippen molar-refractivity contribution in [3.05, 3.63) is 72.6 Å². The van der Waals surface area contributed by atoms with Crippen LogP contribution in [0.5, 0.6) is 0 Å². The fourth-order valence-corrected chi connectivity index (χ4v) is 2.97. The van der Waals surface area contributed by atoms with Crippen LogP contribution in [0.25, 0.3) is 21.8 Å². The van der Waals surface area contributed by atoms with Gasteiger partial charge in [-0.3, -0.25) is 14.6 Å². The maximum Gasteiger partial charge on any atom is 0.296 e. The first kappa shape index (κ1) is 15.1. The van der Waals surface area contributed by atoms with Gasteiger partial charge in [-0.1, -0.05) is 36.4 Å². The number of aromatic nitrogens is 2. The van der Waals surface area contributed by atoms with E-state index < -0.39 is 11.7 Å². The molecule has 122 valence electrons. The van der Waals surface area contributed by atoms with Gasteiger partial charge in [-0.25, -0.2) is 0 Å². The van der Waals surface area contributed by atoms with Gasteiger partial charge in [0.25, 0.3) is 11.7 Å². The summed E-state index contributed by atoms with van der Waals surface area (Å²) in [4.78, 5) is 29.3. The summed E-state index contributed by atoms with van der Waals surface area (Å²) in [6.07, 6.45) is 3.24. The smallest absolute Gasteiger partial charge is 0.296 e. The van der Waals surface area contributed by atoms with Crippen LogP contribution in [-0.2, 0) is 11.8 Å². The first-order valence-electron chi connectivity index (χ1n) is 7.88. The van der Waals surface area contributed by atoms with Crippen LogP contribution in [0, 0.1) is 0 Å². The highest BCUT2D eigenvalue weighted by molar-refractivity contribution is 6.48. The molecular weight excluding hydrogens is 314 g/mol. The Morgan fingerprint density at radius 3 is 2.68 bits per heavy atom. The molecule has 2 aromatic carbocycles. The van der Waals surface area contributed by atoms with E-state index in [0.29, 0.717) is 11.3 Å². The Bertz CT molecular complexity index is 1130. The third kappa shape index (κ3) is 2.65. The van der Waals surface area contributed by atoms with Crippen molar-refractivity contribution in [1.29, 1.82) is 0 Å². The predicted octanol–water partition coefficient (Wildman–Crippen LogP) is 3.55. The van der Waals surface area contributed by atoms with Crippen LogP contribution < -0.4 is 5.32 Å². The Balaban J connectivity index is 1.64. The SMILES string of the molecule is Cn1cc(C(=O)C(=O)Nc2cnc3ccccc3c2)c2ccccc21. The molecular formula is C20H15N3O2. The number of Topliss-reactive ketones (excluding diaryl/α,β-unsaturated/α-hetero) is 1. The second-order valence-corrected chi connectivity index (χ2v) is 5.87. The molecule has 0 aliphatic carbocycles. The van der Waals surface area contributed by atoms with Crippen LogP contribution in [0.1, 0.15) is 10.4 Å². The Morgan fingerprint density at radius 1 is 1.04 bits per heavy atom. The molecule has 0 saturated heterocycles. The maximum absolute atomic E-state index is 12.6. The molecule has 25 heavy (non-hydrogen) atoms. The standard InChI is InChI=1S/C20H15N3O2/c1-23-12-16(15-7-3-5-9-18(15)23)19(24)20(25)22-14-10-13-6-2-4-8-17(13)21-11-14/h2-12H,1H3,(H,22,25). The normalized spacial score (nSPS) is 10.9. The molecule has 0 fully saturated rings. The number of amides is 1. The maximum atomic E-state index is 12.6. The van der Waals surface area contributed by atoms with Crippen LogP contribution in [-0.4, -0.2) is 21.2 Å². The number of hydrogen-bond acceptors (Lipinski definition) is 3. The number of carbonyl (C=O) groups is 2. The van der Waals surface area contributed by atoms with Gasteiger partial charge in [0.2, 0.25) is 0 Å². The number of para-hydroxylation sites is 2. The van der Waals surface area contributed by atoms with Crippen molar-refractivity contribution < 1.29 is 9.59 Å². The minimum absolute atomic E-state index is 0.393. The average Bonchev–Trinajstić information content (AvgIpc) is 2.98. The third-order valence-corrected chi connectivity index (χ3v) is 4.20. The van der Waals surface area contributed by atoms with E-state index in [2.05, 4.69) is 10.3 Å². The van der Waals surface area contributed by atoms with Crippen molar-refractivity contribution in [2.24, 2.45) is 7.05 Å². The molecule has 0 atom stereocenters. The lowest BCUT2D eigenvalue weighted by Gasteiger charge is -2.05. The predicted molar refractivity (Wildman–Crippen MR) is 97.6 cm³/mol. The molecule has 5 nitrogen and oxygen atoms in total. The molecule has 1 amide bonds. The third-order valence-electron chi connectivity index (χ3n) is 4.20. The summed E-state index contributed by atoms with van der Waals surface area (Å²) < 4.78 is 1.84. The zero-order valence-corrected chi connectivity index (χ0v) is 13.6. The number of aryl methyl sites for hydroxylation is 1. The van der Waals surface area contributed by atoms with E-state index in [1.807, 2.05) is 60.1 Å². The fraction of sp³-hybridized carbons (Fsp3) is 0.0500. The summed E-state index contributed by atoms with van der Waals surface area (Å²) in [7, 11) is 1.85. The molecule has 0 spiro atoms. The molecule has 2 heterocycles. The van der Waals surface area contributed by atoms with Gasteiger partial charge in [-0.2, -0.15) is 0 Å². The second kappa shape index (κ2) is 5.87. The first-order valence-corrected chi connectivity index (χ1v) is 7.88. The second-order valence-electron chi connectivity index (χ2n) is 5.87. The quantitative estimate of drug-likeness (QED) is 0.462. The minimum atomic E-state index is -0.673. The minimum Gasteiger partial charge on any atom is -0.350 e. The van der Waals surface area contributed by atoms with Gasteiger partial charge in [0, 0.05) is 29.5 Å². The van der Waals surface area contributed by atoms with Crippen LogP contribution in [0.2, 0.25) is 0 Å². The first-order chi connectivity index (χ1) is 12.1. The molecule has 0 bridgehead atoms. The van der Waals surface area contributed by atoms with E-state index in [1.54, 1.807) is 18.5 Å². The lowest BCUT2D eigenvalue weighted by Crippen LogP contribution is -2.22. The summed E-state index contributed by atoms with van der Waals surface area (Å²) in [6.45, 7) is 0. The van der Waals surface area contributed by atoms with E-state index >= 15 is 0 Å². The molecule has 0 radical (unpaired) electrons. The fourth-order valence-electron chi connectivity index (χ4n) is 2.97. The molecule has 4 aromatic rings. The largest absolute Gasteiger partial charge is 0.350 e. The highest BCUT2D eigenvalue weighted by atomic mass is 16.2. The van der Waals surface area contributed by atoms with E-state index in [0.717, 1.165) is 21.8 Å². The van der Waals surface area contributed by atoms with Gasteiger partial charge >= 0.3 is 0 Å². The van der Waals surface area contributed by atoms with E-state index in [9.17, 15) is 9.59 Å². The number of benzene rings is 2. The number of rotatable bonds is 3. The van der Waals surface area contributed by atoms with E-state index in [4.69, 9.17) is 0 Å². The molecule has 5 heteroatoms. The summed E-state index contributed by atoms with van der Waals surface area (Å²) in [5, 5.41) is 4.31. The zero-order chi connectivity index (χ0) is 17.4. The molecule has 1 N–H and O–H groups in total. The van der Waals surface area contributed by atoms with Gasteiger partial charge in [0.05, 0.1) is 23.0 Å². The van der Waals surface area contributed by atoms with Gasteiger partial charge in [-0.05, 0) is 18.2 Å². The number of anilines is 1. The molecule has 2 aromatic heterocycles. The monoisotopic (exact) mass is 329 g/mol. The highest BCUT2D eigenvalue weighted by Gasteiger charge is 2.21. The summed E-state index contributed by atoms with van der Waals surface area (Å²) >= 11 is 0. The summed E-state index contributed by atoms with van der Waals surface area (Å²) in [6, 6.07) is 16.9. The Hall–Kier alpha value is -3.47. The Kier molecular flexibility index (Phi) is 3.54. The number of carbonyl (C=O) groups excluding carboxylic acids is 2. The number of nitrogens with zero attached hydrogens (tertiary/aromatic N) is 2. The number of ketones is 1. The van der Waals surface area contributed by atoms with Crippen molar-refractivity contribution in [3.8, 4) is 0 Å². The topological polar surface area (TPSA) is 64.0 Å². The lowest BCUT2D eigenvalue weighted by molar-refractivity contribution is -0.112. The molecule has 0 unspecified atom stereocenters. The van der Waals surface area contributed by atoms with Crippen molar-refractivity contribution in [1.82, 2.24) is 9.55 Å². The Morgan fingerprint density at radius 2 is 1.80 bits per heavy atom. The van der Waals surface area contributed by atoms with Crippen LogP contribution >= 0.6 is 0 Å². The zero-order valence-electron chi connectivity index (χ0n) is 13.6. The molecule has 0 aliphatic rings. The van der Waals surface area contributed by atoms with Crippen LogP contribution in [0.15, 0.2) is 67.0 Å². The van der Waals surface area contributed by atoms with Gasteiger partial charge < -0.3 is 9.88 Å². The van der Waals surface area contributed by atoms with E-state index in [-0.39, 0.29) is 0 Å². The summed E-state index contributed by atoms with van der Waals surface area (Å²) in [5.41, 5.74) is 2.63. The van der Waals surface area contributed by atoms with Crippen LogP contribution in [0.4, 0.5) is 5.69 Å². The van der Waals surface area contributed by atoms with Gasteiger partial charge in [-0.15, -0.1) is 0 Å². The van der Waals surface area contributed by atoms with Gasteiger partial charge in [0.15, 0.2) is 0 Å². The molecule has 4 rings (SSSR count). The van der Waals surface area contributed by atoms with Crippen molar-refractivity contribution in [3.63, 3.8) is 0 Å². The van der Waals surface area contributed by atoms with Crippen molar-refractivity contribution in [2.45, 2.75) is 0 Å². The Labute approximate surface area is 143 Å². The highest BCUT2D eigenvalue weighted by Crippen LogP contribution is 2.22. The van der Waals surface area contributed by atoms with Crippen LogP contribution in [0.3, 0.4) is 0 Å². The number of pyridine rings is 1. The van der Waals surface area contributed by atoms with E-state index in [1.165, 1.54) is 0 Å². The van der Waals surface area contributed by atoms with Crippen molar-refractivity contribution in [2.75, 3.05) is 5.32 Å². The lowest BCUT2D eigenvalue weighted by atomic mass is 10.1. The summed E-state index contributed by atoms with van der Waals surface area (Å²) in [5.74, 6) is -1.24. The molecule has 0 saturated carbocycles. The van der Waals surface area contributed by atoms with Crippen molar-refractivity contribution >= 4 is 39.2 Å². The number of fused-ring (bicyclic) bond motifs is 2. The average molecular weight is 329 g/mol. The van der Waals surface area contributed by atoms with Gasteiger partial charge in [0.1, 0.15) is 0 Å². The molecule has 0 aliphatic heterocycles. The number of hydrogen-bond donors (Lipinski definition) is 1.